The first-order chi connectivity index (χ1) is 20.9. The molecular weight excluding hydrogens is 582 g/mol. The van der Waals surface area contributed by atoms with Crippen molar-refractivity contribution >= 4 is 50.6 Å². The Kier molecular flexibility index (Phi) is 10.2. The molecule has 2 amide bonds. The number of rotatable bonds is 12. The molecule has 0 spiro atoms. The zero-order chi connectivity index (χ0) is 32.0. The highest BCUT2D eigenvalue weighted by Crippen LogP contribution is 2.37. The molecule has 1 aliphatic heterocycles. The zero-order valence-electron chi connectivity index (χ0n) is 25.5. The number of nitrogens with one attached hydrogen (secondary N) is 1. The SMILES string of the molecule is COC(=O)c1ccc2c(c1)NC(=O)C2C(=Nc1ccc(N(CC(=O)N(C)C)S(=O)(=O)CCCN(C)C)cc1)c1ccccc1. The molecule has 1 aliphatic rings. The van der Waals surface area contributed by atoms with Crippen LogP contribution in [0.1, 0.15) is 33.8 Å². The lowest BCUT2D eigenvalue weighted by Crippen LogP contribution is -2.41. The summed E-state index contributed by atoms with van der Waals surface area (Å²) in [5.74, 6) is -2.03. The van der Waals surface area contributed by atoms with E-state index < -0.39 is 21.9 Å². The van der Waals surface area contributed by atoms with E-state index in [0.29, 0.717) is 46.9 Å². The average Bonchev–Trinajstić information content (AvgIpc) is 3.33. The first kappa shape index (κ1) is 32.4. The number of hydrogen-bond donors (Lipinski definition) is 1. The normalized spacial score (nSPS) is 14.6. The molecule has 0 aliphatic carbocycles. The van der Waals surface area contributed by atoms with Crippen molar-refractivity contribution in [1.82, 2.24) is 9.80 Å². The number of hydrogen-bond acceptors (Lipinski definition) is 8. The van der Waals surface area contributed by atoms with Gasteiger partial charge in [0.15, 0.2) is 0 Å². The Labute approximate surface area is 258 Å². The van der Waals surface area contributed by atoms with Gasteiger partial charge in [0.2, 0.25) is 21.8 Å². The number of likely N-dealkylation sites (N-methyl/N-ethyl adjacent to an activating group) is 1. The Morgan fingerprint density at radius 2 is 1.61 bits per heavy atom. The Morgan fingerprint density at radius 1 is 0.932 bits per heavy atom. The lowest BCUT2D eigenvalue weighted by atomic mass is 9.90. The average molecular weight is 620 g/mol. The molecule has 44 heavy (non-hydrogen) atoms. The van der Waals surface area contributed by atoms with Crippen LogP contribution in [0.25, 0.3) is 0 Å². The van der Waals surface area contributed by atoms with Crippen LogP contribution in [0.15, 0.2) is 77.8 Å². The molecular formula is C32H37N5O6S. The number of methoxy groups -OCH3 is 1. The molecule has 0 saturated carbocycles. The van der Waals surface area contributed by atoms with Crippen LogP contribution in [0.2, 0.25) is 0 Å². The standard InChI is InChI=1S/C32H37N5O6S/c1-35(2)18-9-19-44(41,42)37(21-28(38)36(3)4)25-15-13-24(14-16-25)33-30(22-10-7-6-8-11-22)29-26-17-12-23(32(40)43-5)20-27(26)34-31(29)39/h6-8,10-17,20,29H,9,18-19,21H2,1-5H3,(H,34,39). The highest BCUT2D eigenvalue weighted by molar-refractivity contribution is 7.92. The summed E-state index contributed by atoms with van der Waals surface area (Å²) in [6, 6.07) is 20.7. The Balaban J connectivity index is 1.72. The summed E-state index contributed by atoms with van der Waals surface area (Å²) in [6.07, 6.45) is 0.414. The number of nitrogens with zero attached hydrogens (tertiary/aromatic N) is 4. The van der Waals surface area contributed by atoms with Crippen LogP contribution in [-0.2, 0) is 24.3 Å². The van der Waals surface area contributed by atoms with Gasteiger partial charge in [0.25, 0.3) is 0 Å². The summed E-state index contributed by atoms with van der Waals surface area (Å²) in [7, 11) is 4.39. The first-order valence-corrected chi connectivity index (χ1v) is 15.6. The maximum absolute atomic E-state index is 13.4. The van der Waals surface area contributed by atoms with Gasteiger partial charge in [0.05, 0.1) is 35.5 Å². The second-order valence-electron chi connectivity index (χ2n) is 10.9. The van der Waals surface area contributed by atoms with Gasteiger partial charge in [-0.05, 0) is 74.6 Å². The Bertz CT molecular complexity index is 1650. The van der Waals surface area contributed by atoms with E-state index in [2.05, 4.69) is 5.32 Å². The van der Waals surface area contributed by atoms with E-state index in [1.165, 1.54) is 12.0 Å². The van der Waals surface area contributed by atoms with E-state index in [1.807, 2.05) is 49.3 Å². The van der Waals surface area contributed by atoms with Crippen molar-refractivity contribution in [3.63, 3.8) is 0 Å². The number of carbonyl (C=O) groups is 3. The number of aliphatic imine (C=N–C) groups is 1. The van der Waals surface area contributed by atoms with Gasteiger partial charge in [-0.15, -0.1) is 0 Å². The van der Waals surface area contributed by atoms with Crippen LogP contribution >= 0.6 is 0 Å². The molecule has 4 rings (SSSR count). The molecule has 3 aromatic carbocycles. The minimum Gasteiger partial charge on any atom is -0.465 e. The zero-order valence-corrected chi connectivity index (χ0v) is 26.3. The van der Waals surface area contributed by atoms with Crippen LogP contribution in [0.5, 0.6) is 0 Å². The summed E-state index contributed by atoms with van der Waals surface area (Å²) >= 11 is 0. The van der Waals surface area contributed by atoms with Crippen LogP contribution < -0.4 is 9.62 Å². The molecule has 0 saturated heterocycles. The van der Waals surface area contributed by atoms with E-state index >= 15 is 0 Å². The minimum atomic E-state index is -3.81. The van der Waals surface area contributed by atoms with E-state index in [4.69, 9.17) is 9.73 Å². The molecule has 1 unspecified atom stereocenters. The van der Waals surface area contributed by atoms with Gasteiger partial charge in [0.1, 0.15) is 12.5 Å². The first-order valence-electron chi connectivity index (χ1n) is 14.0. The maximum Gasteiger partial charge on any atom is 0.337 e. The van der Waals surface area contributed by atoms with Crippen molar-refractivity contribution in [1.29, 1.82) is 0 Å². The smallest absolute Gasteiger partial charge is 0.337 e. The van der Waals surface area contributed by atoms with Crippen molar-refractivity contribution in [2.75, 3.05) is 63.8 Å². The van der Waals surface area contributed by atoms with E-state index in [1.54, 1.807) is 56.6 Å². The van der Waals surface area contributed by atoms with Crippen molar-refractivity contribution in [3.05, 3.63) is 89.5 Å². The van der Waals surface area contributed by atoms with Crippen LogP contribution in [0, 0.1) is 0 Å². The third kappa shape index (κ3) is 7.50. The molecule has 1 N–H and O–H groups in total. The highest BCUT2D eigenvalue weighted by Gasteiger charge is 2.36. The van der Waals surface area contributed by atoms with E-state index in [9.17, 15) is 22.8 Å². The number of sulfonamides is 1. The van der Waals surface area contributed by atoms with Crippen molar-refractivity contribution in [2.24, 2.45) is 4.99 Å². The fraction of sp³-hybridized carbons (Fsp3) is 0.312. The summed E-state index contributed by atoms with van der Waals surface area (Å²) in [5.41, 5.74) is 3.52. The van der Waals surface area contributed by atoms with Gasteiger partial charge >= 0.3 is 5.97 Å². The topological polar surface area (TPSA) is 129 Å². The van der Waals surface area contributed by atoms with Crippen molar-refractivity contribution in [3.8, 4) is 0 Å². The largest absolute Gasteiger partial charge is 0.465 e. The highest BCUT2D eigenvalue weighted by atomic mass is 32.2. The predicted octanol–water partition coefficient (Wildman–Crippen LogP) is 3.51. The minimum absolute atomic E-state index is 0.113. The van der Waals surface area contributed by atoms with Gasteiger partial charge in [-0.25, -0.2) is 13.2 Å². The Morgan fingerprint density at radius 3 is 2.23 bits per heavy atom. The number of ether oxygens (including phenoxy) is 1. The summed E-state index contributed by atoms with van der Waals surface area (Å²) < 4.78 is 32.7. The maximum atomic E-state index is 13.4. The second kappa shape index (κ2) is 13.8. The number of anilines is 2. The molecule has 3 aromatic rings. The van der Waals surface area contributed by atoms with Gasteiger partial charge in [-0.2, -0.15) is 0 Å². The molecule has 0 bridgehead atoms. The number of carbonyl (C=O) groups excluding carboxylic acids is 3. The molecule has 12 heteroatoms. The van der Waals surface area contributed by atoms with Gasteiger partial charge in [0, 0.05) is 19.8 Å². The third-order valence-electron chi connectivity index (χ3n) is 7.16. The molecule has 1 atom stereocenters. The molecule has 0 radical (unpaired) electrons. The van der Waals surface area contributed by atoms with E-state index in [0.717, 1.165) is 9.87 Å². The molecule has 0 fully saturated rings. The van der Waals surface area contributed by atoms with Crippen LogP contribution in [0.3, 0.4) is 0 Å². The van der Waals surface area contributed by atoms with Crippen LogP contribution in [-0.4, -0.2) is 95.9 Å². The molecule has 232 valence electrons. The van der Waals surface area contributed by atoms with Gasteiger partial charge in [-0.3, -0.25) is 18.9 Å². The monoisotopic (exact) mass is 619 g/mol. The fourth-order valence-corrected chi connectivity index (χ4v) is 6.27. The van der Waals surface area contributed by atoms with Crippen LogP contribution in [0.4, 0.5) is 17.1 Å². The van der Waals surface area contributed by atoms with Gasteiger partial charge in [-0.1, -0.05) is 36.4 Å². The Hall–Kier alpha value is -4.55. The molecule has 1 heterocycles. The number of amides is 2. The number of fused-ring (bicyclic) bond motifs is 1. The fourth-order valence-electron chi connectivity index (χ4n) is 4.80. The van der Waals surface area contributed by atoms with E-state index in [-0.39, 0.29) is 24.1 Å². The third-order valence-corrected chi connectivity index (χ3v) is 8.97. The quantitative estimate of drug-likeness (QED) is 0.243. The lowest BCUT2D eigenvalue weighted by molar-refractivity contribution is -0.127. The second-order valence-corrected chi connectivity index (χ2v) is 12.9. The summed E-state index contributed by atoms with van der Waals surface area (Å²) in [4.78, 5) is 46.1. The van der Waals surface area contributed by atoms with Gasteiger partial charge < -0.3 is 19.9 Å². The molecule has 0 aromatic heterocycles. The number of esters is 1. The van der Waals surface area contributed by atoms with Crippen molar-refractivity contribution < 1.29 is 27.5 Å². The summed E-state index contributed by atoms with van der Waals surface area (Å²) in [6.45, 7) is 0.258. The molecule has 11 nitrogen and oxygen atoms in total. The number of benzene rings is 3. The lowest BCUT2D eigenvalue weighted by Gasteiger charge is -2.26. The van der Waals surface area contributed by atoms with Crippen molar-refractivity contribution in [2.45, 2.75) is 12.3 Å². The summed E-state index contributed by atoms with van der Waals surface area (Å²) in [5, 5.41) is 2.85. The predicted molar refractivity (Wildman–Crippen MR) is 171 cm³/mol.